The van der Waals surface area contributed by atoms with Crippen molar-refractivity contribution in [2.45, 2.75) is 91.7 Å². The molecule has 2 aliphatic rings. The lowest BCUT2D eigenvalue weighted by molar-refractivity contribution is 0.0839. The van der Waals surface area contributed by atoms with Crippen molar-refractivity contribution in [3.05, 3.63) is 0 Å². The first-order valence-electron chi connectivity index (χ1n) is 10.7. The van der Waals surface area contributed by atoms with Crippen molar-refractivity contribution in [1.82, 2.24) is 0 Å². The zero-order chi connectivity index (χ0) is 24.4. The summed E-state index contributed by atoms with van der Waals surface area (Å²) in [5.41, 5.74) is 0. The second-order valence-corrected chi connectivity index (χ2v) is 39.2. The number of rotatable bonds is 0. The molecule has 0 aliphatic carbocycles. The monoisotopic (exact) mass is 578 g/mol. The highest BCUT2D eigenvalue weighted by Gasteiger charge is 2.65. The smallest absolute Gasteiger partial charge is 0.416 e. The van der Waals surface area contributed by atoms with Crippen LogP contribution in [0.1, 0.15) is 0 Å². The van der Waals surface area contributed by atoms with Crippen LogP contribution in [0.2, 0.25) is 91.7 Å². The topological polar surface area (TPSA) is 83.1 Å². The van der Waals surface area contributed by atoms with Gasteiger partial charge in [0.1, 0.15) is 0 Å². The highest BCUT2D eigenvalue weighted by atomic mass is 28.6. The fraction of sp³-hybridized carbons (Fsp3) is 1.00. The Balaban J connectivity index is 2.62. The zero-order valence-corrected chi connectivity index (χ0v) is 29.7. The van der Waals surface area contributed by atoms with Gasteiger partial charge in [-0.3, -0.25) is 0 Å². The lowest BCUT2D eigenvalue weighted by atomic mass is 11.9. The highest BCUT2D eigenvalue weighted by molar-refractivity contribution is 6.96. The third-order valence-corrected chi connectivity index (χ3v) is 35.5. The maximum atomic E-state index is 6.70. The molecule has 0 aromatic heterocycles. The molecule has 0 N–H and O–H groups in total. The Bertz CT molecular complexity index is 629. The highest BCUT2D eigenvalue weighted by Crippen LogP contribution is 2.37. The van der Waals surface area contributed by atoms with Gasteiger partial charge in [-0.05, 0) is 91.7 Å². The summed E-state index contributed by atoms with van der Waals surface area (Å²) in [5.74, 6) is 0. The lowest BCUT2D eigenvalue weighted by Crippen LogP contribution is -2.74. The van der Waals surface area contributed by atoms with Crippen LogP contribution >= 0.6 is 0 Å². The fourth-order valence-corrected chi connectivity index (χ4v) is 44.8. The molecule has 0 bridgehead atoms. The van der Waals surface area contributed by atoms with Crippen molar-refractivity contribution in [1.29, 1.82) is 0 Å². The minimum Gasteiger partial charge on any atom is -0.416 e. The van der Waals surface area contributed by atoms with E-state index in [0.29, 0.717) is 0 Å². The van der Waals surface area contributed by atoms with Crippen LogP contribution in [0.3, 0.4) is 0 Å². The first kappa shape index (κ1) is 28.6. The molecule has 184 valence electrons. The van der Waals surface area contributed by atoms with Gasteiger partial charge >= 0.3 is 69.0 Å². The Labute approximate surface area is 197 Å². The third-order valence-electron chi connectivity index (χ3n) is 3.94. The van der Waals surface area contributed by atoms with Crippen molar-refractivity contribution >= 4 is 69.0 Å². The first-order chi connectivity index (χ1) is 13.4. The summed E-state index contributed by atoms with van der Waals surface area (Å²) in [4.78, 5) is 0. The fourth-order valence-electron chi connectivity index (χ4n) is 4.43. The van der Waals surface area contributed by atoms with Gasteiger partial charge in [0.2, 0.25) is 0 Å². The SMILES string of the molecule is C[Si]1(C)O[Si](C)(C)O[Si](C)(C)O[Si]2(O[Si](C)(C)O1)O[Si](C)(C)O[Si](C)(C)O[Si](C)(C)O2. The molecule has 0 aromatic rings. The molecule has 9 nitrogen and oxygen atoms in total. The average molecular weight is 579 g/mol. The molecular formula is C14H42O9Si8. The van der Waals surface area contributed by atoms with E-state index in [1.807, 2.05) is 91.7 Å². The van der Waals surface area contributed by atoms with Crippen LogP contribution in [0.4, 0.5) is 0 Å². The van der Waals surface area contributed by atoms with E-state index in [2.05, 4.69) is 0 Å². The molecule has 0 amide bonds. The summed E-state index contributed by atoms with van der Waals surface area (Å²) < 4.78 is 59.3. The van der Waals surface area contributed by atoms with E-state index in [4.69, 9.17) is 37.0 Å². The zero-order valence-electron chi connectivity index (χ0n) is 21.7. The summed E-state index contributed by atoms with van der Waals surface area (Å²) in [6.07, 6.45) is 0. The van der Waals surface area contributed by atoms with E-state index in [1.165, 1.54) is 0 Å². The minimum absolute atomic E-state index is 1.99. The Morgan fingerprint density at radius 3 is 0.516 bits per heavy atom. The summed E-state index contributed by atoms with van der Waals surface area (Å²) in [7, 11) is -22.3. The predicted molar refractivity (Wildman–Crippen MR) is 138 cm³/mol. The Kier molecular flexibility index (Phi) is 7.84. The molecule has 2 rings (SSSR count). The number of hydrogen-bond acceptors (Lipinski definition) is 9. The molecule has 0 saturated carbocycles. The Morgan fingerprint density at radius 1 is 0.226 bits per heavy atom. The van der Waals surface area contributed by atoms with E-state index < -0.39 is 69.0 Å². The molecular weight excluding hydrogens is 537 g/mol. The van der Waals surface area contributed by atoms with E-state index in [1.54, 1.807) is 0 Å². The maximum absolute atomic E-state index is 6.70. The summed E-state index contributed by atoms with van der Waals surface area (Å²) in [5, 5.41) is 0. The normalized spacial score (nSPS) is 33.1. The van der Waals surface area contributed by atoms with E-state index in [9.17, 15) is 0 Å². The number of hydrogen-bond donors (Lipinski definition) is 0. The first-order valence-corrected chi connectivity index (χ1v) is 32.0. The van der Waals surface area contributed by atoms with Crippen molar-refractivity contribution in [2.75, 3.05) is 0 Å². The summed E-state index contributed by atoms with van der Waals surface area (Å²) in [6, 6.07) is 0. The van der Waals surface area contributed by atoms with Crippen LogP contribution in [-0.2, 0) is 37.0 Å². The maximum Gasteiger partial charge on any atom is 0.643 e. The largest absolute Gasteiger partial charge is 0.643 e. The standard InChI is InChI=1S/C14H42O9Si8/c1-24(2)15-25(3,4)17-28(9,10)21-31(20-27(7,8)16-24)22-29(11,12)18-26(5,6)19-30(13,14)23-31/h1-14H3. The van der Waals surface area contributed by atoms with E-state index in [0.717, 1.165) is 0 Å². The molecule has 17 heteroatoms. The predicted octanol–water partition coefficient (Wildman–Crippen LogP) is 4.51. The molecule has 0 unspecified atom stereocenters. The van der Waals surface area contributed by atoms with Gasteiger partial charge in [0.15, 0.2) is 0 Å². The van der Waals surface area contributed by atoms with Crippen LogP contribution < -0.4 is 0 Å². The molecule has 2 saturated heterocycles. The minimum atomic E-state index is -3.76. The molecule has 2 aliphatic heterocycles. The van der Waals surface area contributed by atoms with Crippen LogP contribution in [0.15, 0.2) is 0 Å². The summed E-state index contributed by atoms with van der Waals surface area (Å²) >= 11 is 0. The van der Waals surface area contributed by atoms with Crippen molar-refractivity contribution < 1.29 is 37.0 Å². The molecule has 0 radical (unpaired) electrons. The molecule has 1 spiro atoms. The average Bonchev–Trinajstić information content (AvgIpc) is 2.21. The van der Waals surface area contributed by atoms with Gasteiger partial charge < -0.3 is 37.0 Å². The van der Waals surface area contributed by atoms with Crippen molar-refractivity contribution in [3.8, 4) is 0 Å². The van der Waals surface area contributed by atoms with E-state index in [-0.39, 0.29) is 0 Å². The van der Waals surface area contributed by atoms with Gasteiger partial charge in [-0.15, -0.1) is 0 Å². The van der Waals surface area contributed by atoms with Crippen molar-refractivity contribution in [3.63, 3.8) is 0 Å². The quantitative estimate of drug-likeness (QED) is 0.385. The second kappa shape index (κ2) is 8.50. The summed E-state index contributed by atoms with van der Waals surface area (Å²) in [6.45, 7) is 28.1. The van der Waals surface area contributed by atoms with Crippen LogP contribution in [-0.4, -0.2) is 69.0 Å². The Morgan fingerprint density at radius 2 is 0.355 bits per heavy atom. The molecule has 2 heterocycles. The van der Waals surface area contributed by atoms with Gasteiger partial charge in [-0.1, -0.05) is 0 Å². The second-order valence-electron chi connectivity index (χ2n) is 11.2. The van der Waals surface area contributed by atoms with Crippen LogP contribution in [0.25, 0.3) is 0 Å². The van der Waals surface area contributed by atoms with Gasteiger partial charge in [0.05, 0.1) is 0 Å². The van der Waals surface area contributed by atoms with Gasteiger partial charge in [0.25, 0.3) is 0 Å². The molecule has 31 heavy (non-hydrogen) atoms. The van der Waals surface area contributed by atoms with E-state index >= 15 is 0 Å². The third kappa shape index (κ3) is 8.83. The molecule has 2 fully saturated rings. The van der Waals surface area contributed by atoms with Gasteiger partial charge in [-0.25, -0.2) is 0 Å². The Hall–Kier alpha value is 1.38. The van der Waals surface area contributed by atoms with Crippen LogP contribution in [0.5, 0.6) is 0 Å². The molecule has 0 aromatic carbocycles. The van der Waals surface area contributed by atoms with Crippen LogP contribution in [0, 0.1) is 0 Å². The van der Waals surface area contributed by atoms with Crippen molar-refractivity contribution in [2.24, 2.45) is 0 Å². The van der Waals surface area contributed by atoms with Gasteiger partial charge in [-0.2, -0.15) is 0 Å². The lowest BCUT2D eigenvalue weighted by Gasteiger charge is -2.51. The van der Waals surface area contributed by atoms with Gasteiger partial charge in [0, 0.05) is 0 Å². The molecule has 0 atom stereocenters.